The number of ketones is 1. The number of hydrogen-bond acceptors (Lipinski definition) is 3. The van der Waals surface area contributed by atoms with E-state index < -0.39 is 0 Å². The summed E-state index contributed by atoms with van der Waals surface area (Å²) in [4.78, 5) is 22.1. The zero-order valence-corrected chi connectivity index (χ0v) is 9.19. The molecule has 4 heteroatoms. The van der Waals surface area contributed by atoms with Crippen LogP contribution < -0.4 is 5.32 Å². The molecule has 0 saturated heterocycles. The average molecular weight is 221 g/mol. The van der Waals surface area contributed by atoms with E-state index >= 15 is 0 Å². The Bertz CT molecular complexity index is 388. The van der Waals surface area contributed by atoms with Crippen molar-refractivity contribution >= 4 is 17.4 Å². The van der Waals surface area contributed by atoms with Crippen LogP contribution in [-0.2, 0) is 16.2 Å². The van der Waals surface area contributed by atoms with Crippen molar-refractivity contribution in [1.29, 1.82) is 0 Å². The summed E-state index contributed by atoms with van der Waals surface area (Å²) in [6.07, 6.45) is 0.449. The SMILES string of the molecule is CC(=O)CCC(=O)Nc1cccc(CO)c1. The van der Waals surface area contributed by atoms with Crippen LogP contribution in [0.1, 0.15) is 25.3 Å². The molecule has 0 spiro atoms. The molecule has 0 unspecified atom stereocenters. The van der Waals surface area contributed by atoms with E-state index in [1.54, 1.807) is 24.3 Å². The van der Waals surface area contributed by atoms with Crippen LogP contribution in [0.3, 0.4) is 0 Å². The standard InChI is InChI=1S/C12H15NO3/c1-9(15)5-6-12(16)13-11-4-2-3-10(7-11)8-14/h2-4,7,14H,5-6,8H2,1H3,(H,13,16). The molecule has 0 bridgehead atoms. The summed E-state index contributed by atoms with van der Waals surface area (Å²) in [5, 5.41) is 11.6. The van der Waals surface area contributed by atoms with Crippen molar-refractivity contribution in [3.63, 3.8) is 0 Å². The van der Waals surface area contributed by atoms with Crippen molar-refractivity contribution in [1.82, 2.24) is 0 Å². The summed E-state index contributed by atoms with van der Waals surface area (Å²) in [6, 6.07) is 6.97. The molecule has 0 radical (unpaired) electrons. The van der Waals surface area contributed by atoms with Crippen molar-refractivity contribution in [2.75, 3.05) is 5.32 Å². The average Bonchev–Trinajstić information content (AvgIpc) is 2.26. The van der Waals surface area contributed by atoms with Gasteiger partial charge in [0.05, 0.1) is 6.61 Å². The summed E-state index contributed by atoms with van der Waals surface area (Å²) >= 11 is 0. The van der Waals surface area contributed by atoms with Crippen LogP contribution in [0.25, 0.3) is 0 Å². The van der Waals surface area contributed by atoms with Crippen molar-refractivity contribution in [3.05, 3.63) is 29.8 Å². The molecule has 0 saturated carbocycles. The van der Waals surface area contributed by atoms with Crippen LogP contribution in [0.4, 0.5) is 5.69 Å². The van der Waals surface area contributed by atoms with Crippen LogP contribution in [0.2, 0.25) is 0 Å². The van der Waals surface area contributed by atoms with Gasteiger partial charge in [0.15, 0.2) is 0 Å². The molecule has 0 heterocycles. The third-order valence-corrected chi connectivity index (χ3v) is 2.10. The Balaban J connectivity index is 2.52. The summed E-state index contributed by atoms with van der Waals surface area (Å²) in [5.41, 5.74) is 1.38. The Morgan fingerprint density at radius 1 is 1.31 bits per heavy atom. The lowest BCUT2D eigenvalue weighted by atomic mass is 10.2. The third-order valence-electron chi connectivity index (χ3n) is 2.10. The number of rotatable bonds is 5. The Labute approximate surface area is 94.3 Å². The summed E-state index contributed by atoms with van der Waals surface area (Å²) in [5.74, 6) is -0.190. The number of aliphatic hydroxyl groups excluding tert-OH is 1. The molecule has 1 rings (SSSR count). The molecular weight excluding hydrogens is 206 g/mol. The van der Waals surface area contributed by atoms with Gasteiger partial charge in [-0.1, -0.05) is 12.1 Å². The second-order valence-electron chi connectivity index (χ2n) is 3.61. The number of Topliss-reactive ketones (excluding diaryl/α,β-unsaturated/α-hetero) is 1. The number of carbonyl (C=O) groups excluding carboxylic acids is 2. The first-order valence-corrected chi connectivity index (χ1v) is 5.11. The Kier molecular flexibility index (Phi) is 4.66. The molecule has 0 aliphatic rings. The highest BCUT2D eigenvalue weighted by atomic mass is 16.3. The van der Waals surface area contributed by atoms with Gasteiger partial charge in [-0.2, -0.15) is 0 Å². The molecule has 0 aliphatic heterocycles. The number of hydrogen-bond donors (Lipinski definition) is 2. The first kappa shape index (κ1) is 12.4. The number of carbonyl (C=O) groups is 2. The van der Waals surface area contributed by atoms with Gasteiger partial charge in [0.1, 0.15) is 5.78 Å². The van der Waals surface area contributed by atoms with E-state index in [4.69, 9.17) is 5.11 Å². The number of benzene rings is 1. The minimum Gasteiger partial charge on any atom is -0.392 e. The number of anilines is 1. The monoisotopic (exact) mass is 221 g/mol. The summed E-state index contributed by atoms with van der Waals surface area (Å²) in [7, 11) is 0. The van der Waals surface area contributed by atoms with E-state index in [0.29, 0.717) is 5.69 Å². The fourth-order valence-electron chi connectivity index (χ4n) is 1.26. The molecule has 2 N–H and O–H groups in total. The number of aliphatic hydroxyl groups is 1. The predicted octanol–water partition coefficient (Wildman–Crippen LogP) is 1.49. The van der Waals surface area contributed by atoms with Crippen molar-refractivity contribution in [3.8, 4) is 0 Å². The summed E-state index contributed by atoms with van der Waals surface area (Å²) in [6.45, 7) is 1.40. The summed E-state index contributed by atoms with van der Waals surface area (Å²) < 4.78 is 0. The predicted molar refractivity (Wildman–Crippen MR) is 60.9 cm³/mol. The second kappa shape index (κ2) is 6.02. The van der Waals surface area contributed by atoms with Crippen molar-refractivity contribution in [2.45, 2.75) is 26.4 Å². The molecule has 0 aromatic heterocycles. The highest BCUT2D eigenvalue weighted by Crippen LogP contribution is 2.11. The molecule has 1 amide bonds. The lowest BCUT2D eigenvalue weighted by Gasteiger charge is -2.05. The van der Waals surface area contributed by atoms with E-state index in [1.165, 1.54) is 6.92 Å². The van der Waals surface area contributed by atoms with Gasteiger partial charge >= 0.3 is 0 Å². The molecule has 4 nitrogen and oxygen atoms in total. The normalized spacial score (nSPS) is 9.88. The van der Waals surface area contributed by atoms with E-state index in [9.17, 15) is 9.59 Å². The molecule has 1 aromatic rings. The zero-order valence-electron chi connectivity index (χ0n) is 9.19. The molecule has 16 heavy (non-hydrogen) atoms. The minimum atomic E-state index is -0.190. The maximum Gasteiger partial charge on any atom is 0.224 e. The van der Waals surface area contributed by atoms with Gasteiger partial charge in [-0.15, -0.1) is 0 Å². The highest BCUT2D eigenvalue weighted by molar-refractivity contribution is 5.93. The van der Waals surface area contributed by atoms with Crippen LogP contribution >= 0.6 is 0 Å². The maximum atomic E-state index is 11.4. The minimum absolute atomic E-state index is 0.000686. The quantitative estimate of drug-likeness (QED) is 0.791. The Morgan fingerprint density at radius 3 is 2.69 bits per heavy atom. The lowest BCUT2D eigenvalue weighted by Crippen LogP contribution is -2.12. The van der Waals surface area contributed by atoms with Crippen LogP contribution in [0, 0.1) is 0 Å². The molecule has 86 valence electrons. The molecule has 0 aliphatic carbocycles. The third kappa shape index (κ3) is 4.23. The largest absolute Gasteiger partial charge is 0.392 e. The number of amides is 1. The smallest absolute Gasteiger partial charge is 0.224 e. The number of nitrogens with one attached hydrogen (secondary N) is 1. The fourth-order valence-corrected chi connectivity index (χ4v) is 1.26. The first-order chi connectivity index (χ1) is 7.61. The van der Waals surface area contributed by atoms with Crippen LogP contribution in [-0.4, -0.2) is 16.8 Å². The molecule has 0 atom stereocenters. The second-order valence-corrected chi connectivity index (χ2v) is 3.61. The Morgan fingerprint density at radius 2 is 2.06 bits per heavy atom. The van der Waals surface area contributed by atoms with E-state index in [2.05, 4.69) is 5.32 Å². The van der Waals surface area contributed by atoms with Gasteiger partial charge in [-0.05, 0) is 24.6 Å². The molecule has 0 fully saturated rings. The molecule has 1 aromatic carbocycles. The van der Waals surface area contributed by atoms with Crippen molar-refractivity contribution in [2.24, 2.45) is 0 Å². The van der Waals surface area contributed by atoms with Gasteiger partial charge in [-0.25, -0.2) is 0 Å². The van der Waals surface area contributed by atoms with Crippen LogP contribution in [0.5, 0.6) is 0 Å². The van der Waals surface area contributed by atoms with Gasteiger partial charge in [0.25, 0.3) is 0 Å². The van der Waals surface area contributed by atoms with Gasteiger partial charge < -0.3 is 15.2 Å². The fraction of sp³-hybridized carbons (Fsp3) is 0.333. The van der Waals surface area contributed by atoms with E-state index in [1.807, 2.05) is 0 Å². The van der Waals surface area contributed by atoms with Gasteiger partial charge in [-0.3, -0.25) is 4.79 Å². The van der Waals surface area contributed by atoms with Crippen LogP contribution in [0.15, 0.2) is 24.3 Å². The molecular formula is C12H15NO3. The lowest BCUT2D eigenvalue weighted by molar-refractivity contribution is -0.121. The van der Waals surface area contributed by atoms with E-state index in [-0.39, 0.29) is 31.1 Å². The highest BCUT2D eigenvalue weighted by Gasteiger charge is 2.04. The maximum absolute atomic E-state index is 11.4. The first-order valence-electron chi connectivity index (χ1n) is 5.11. The van der Waals surface area contributed by atoms with Crippen molar-refractivity contribution < 1.29 is 14.7 Å². The Hall–Kier alpha value is -1.68. The van der Waals surface area contributed by atoms with Gasteiger partial charge in [0, 0.05) is 18.5 Å². The van der Waals surface area contributed by atoms with E-state index in [0.717, 1.165) is 5.56 Å². The van der Waals surface area contributed by atoms with Gasteiger partial charge in [0.2, 0.25) is 5.91 Å². The zero-order chi connectivity index (χ0) is 12.0. The topological polar surface area (TPSA) is 66.4 Å².